The number of hydrogen-bond acceptors (Lipinski definition) is 10. The third kappa shape index (κ3) is 7.14. The van der Waals surface area contributed by atoms with Crippen molar-refractivity contribution in [3.8, 4) is 23.0 Å². The highest BCUT2D eigenvalue weighted by molar-refractivity contribution is 6.06. The number of carbonyl (C=O) groups excluding carboxylic acids is 2. The molecule has 0 spiro atoms. The summed E-state index contributed by atoms with van der Waals surface area (Å²) in [4.78, 5) is 29.2. The smallest absolute Gasteiger partial charge is 0.412 e. The Hall–Kier alpha value is -4.45. The standard InChI is InChI=1S/C28H35N3O9/c1-28(2,3)40-27(33)29-21-12-16(8-11-22(21)35-4)19-13-17(31-39-15-24(32)30-34)9-10-18-20(19)14-23(36-5)26(38-7)25(18)37-6/h8,11-14,34H,9-10,15H2,1-7H3,(H,29,33)(H,30,32)/b31-17+. The van der Waals surface area contributed by atoms with Crippen molar-refractivity contribution in [1.29, 1.82) is 0 Å². The molecule has 3 N–H and O–H groups in total. The molecule has 0 aliphatic heterocycles. The van der Waals surface area contributed by atoms with E-state index in [1.807, 2.05) is 18.2 Å². The van der Waals surface area contributed by atoms with Crippen molar-refractivity contribution < 1.29 is 43.3 Å². The number of benzene rings is 2. The highest BCUT2D eigenvalue weighted by Crippen LogP contribution is 2.47. The molecule has 12 nitrogen and oxygen atoms in total. The number of anilines is 1. The second kappa shape index (κ2) is 13.1. The van der Waals surface area contributed by atoms with Crippen molar-refractivity contribution >= 4 is 29.0 Å². The zero-order chi connectivity index (χ0) is 29.4. The molecule has 0 aromatic heterocycles. The predicted molar refractivity (Wildman–Crippen MR) is 148 cm³/mol. The van der Waals surface area contributed by atoms with E-state index in [1.165, 1.54) is 26.8 Å². The molecule has 0 heterocycles. The minimum Gasteiger partial charge on any atom is -0.495 e. The van der Waals surface area contributed by atoms with Gasteiger partial charge in [-0.15, -0.1) is 0 Å². The third-order valence-corrected chi connectivity index (χ3v) is 5.81. The molecule has 2 aromatic carbocycles. The molecule has 1 aliphatic rings. The van der Waals surface area contributed by atoms with E-state index in [9.17, 15) is 9.59 Å². The number of allylic oxidation sites excluding steroid dienone is 1. The van der Waals surface area contributed by atoms with Gasteiger partial charge in [0.1, 0.15) is 11.4 Å². The van der Waals surface area contributed by atoms with Crippen molar-refractivity contribution in [3.63, 3.8) is 0 Å². The lowest BCUT2D eigenvalue weighted by Crippen LogP contribution is -2.27. The first kappa shape index (κ1) is 30.1. The molecule has 40 heavy (non-hydrogen) atoms. The molecule has 3 rings (SSSR count). The molecule has 1 aliphatic carbocycles. The lowest BCUT2D eigenvalue weighted by Gasteiger charge is -2.22. The fourth-order valence-corrected chi connectivity index (χ4v) is 4.18. The Morgan fingerprint density at radius 2 is 1.65 bits per heavy atom. The number of carbonyl (C=O) groups is 2. The highest BCUT2D eigenvalue weighted by atomic mass is 16.6. The molecule has 0 atom stereocenters. The second-order valence-corrected chi connectivity index (χ2v) is 9.66. The van der Waals surface area contributed by atoms with Crippen LogP contribution < -0.4 is 29.7 Å². The van der Waals surface area contributed by atoms with Gasteiger partial charge < -0.3 is 28.5 Å². The van der Waals surface area contributed by atoms with Crippen LogP contribution in [0.15, 0.2) is 35.5 Å². The van der Waals surface area contributed by atoms with Crippen LogP contribution in [-0.4, -0.2) is 63.6 Å². The second-order valence-electron chi connectivity index (χ2n) is 9.66. The molecule has 216 valence electrons. The van der Waals surface area contributed by atoms with Crippen LogP contribution in [0, 0.1) is 0 Å². The first-order valence-electron chi connectivity index (χ1n) is 12.4. The fraction of sp³-hybridized carbons (Fsp3) is 0.393. The van der Waals surface area contributed by atoms with Crippen LogP contribution in [-0.2, 0) is 20.8 Å². The third-order valence-electron chi connectivity index (χ3n) is 5.81. The van der Waals surface area contributed by atoms with E-state index in [4.69, 9.17) is 33.7 Å². The van der Waals surface area contributed by atoms with E-state index in [-0.39, 0.29) is 0 Å². The monoisotopic (exact) mass is 557 g/mol. The zero-order valence-corrected chi connectivity index (χ0v) is 23.7. The summed E-state index contributed by atoms with van der Waals surface area (Å²) < 4.78 is 27.9. The van der Waals surface area contributed by atoms with E-state index in [2.05, 4.69) is 10.5 Å². The Morgan fingerprint density at radius 3 is 2.25 bits per heavy atom. The highest BCUT2D eigenvalue weighted by Gasteiger charge is 2.26. The Bertz CT molecular complexity index is 1310. The van der Waals surface area contributed by atoms with Crippen LogP contribution in [0.3, 0.4) is 0 Å². The number of amides is 2. The molecule has 0 bridgehead atoms. The summed E-state index contributed by atoms with van der Waals surface area (Å²) in [5, 5.41) is 15.6. The molecule has 2 aromatic rings. The maximum Gasteiger partial charge on any atom is 0.412 e. The first-order valence-corrected chi connectivity index (χ1v) is 12.4. The van der Waals surface area contributed by atoms with E-state index in [1.54, 1.807) is 40.0 Å². The molecule has 2 amide bonds. The first-order chi connectivity index (χ1) is 19.0. The molecular formula is C28H35N3O9. The van der Waals surface area contributed by atoms with E-state index < -0.39 is 24.2 Å². The van der Waals surface area contributed by atoms with E-state index in [0.717, 1.165) is 11.1 Å². The quantitative estimate of drug-likeness (QED) is 0.303. The Balaban J connectivity index is 2.20. The Morgan fingerprint density at radius 1 is 0.950 bits per heavy atom. The lowest BCUT2D eigenvalue weighted by molar-refractivity contribution is -0.133. The van der Waals surface area contributed by atoms with Gasteiger partial charge in [-0.05, 0) is 74.6 Å². The number of rotatable bonds is 9. The van der Waals surface area contributed by atoms with Crippen molar-refractivity contribution in [2.45, 2.75) is 39.2 Å². The number of methoxy groups -OCH3 is 4. The fourth-order valence-electron chi connectivity index (χ4n) is 4.18. The van der Waals surface area contributed by atoms with Crippen molar-refractivity contribution in [1.82, 2.24) is 5.48 Å². The minimum absolute atomic E-state index is 0.391. The van der Waals surface area contributed by atoms with Crippen molar-refractivity contribution in [3.05, 3.63) is 47.0 Å². The number of hydroxylamine groups is 1. The van der Waals surface area contributed by atoms with Crippen LogP contribution in [0.4, 0.5) is 10.5 Å². The number of nitrogens with zero attached hydrogens (tertiary/aromatic N) is 1. The number of fused-ring (bicyclic) bond motifs is 1. The number of ether oxygens (including phenoxy) is 5. The summed E-state index contributed by atoms with van der Waals surface area (Å²) >= 11 is 0. The number of oxime groups is 1. The average Bonchev–Trinajstić information content (AvgIpc) is 3.10. The van der Waals surface area contributed by atoms with Gasteiger partial charge in [0.25, 0.3) is 5.91 Å². The summed E-state index contributed by atoms with van der Waals surface area (Å²) in [6.07, 6.45) is 2.10. The Kier molecular flexibility index (Phi) is 9.83. The summed E-state index contributed by atoms with van der Waals surface area (Å²) in [7, 11) is 6.12. The summed E-state index contributed by atoms with van der Waals surface area (Å²) in [6.45, 7) is 4.86. The largest absolute Gasteiger partial charge is 0.495 e. The molecule has 12 heteroatoms. The van der Waals surface area contributed by atoms with Gasteiger partial charge in [0.15, 0.2) is 18.1 Å². The maximum absolute atomic E-state index is 12.6. The average molecular weight is 558 g/mol. The van der Waals surface area contributed by atoms with Crippen molar-refractivity contribution in [2.75, 3.05) is 40.4 Å². The molecule has 0 fully saturated rings. The van der Waals surface area contributed by atoms with Gasteiger partial charge in [-0.1, -0.05) is 11.2 Å². The lowest BCUT2D eigenvalue weighted by atomic mass is 9.92. The predicted octanol–water partition coefficient (Wildman–Crippen LogP) is 4.32. The Labute approximate surface area is 232 Å². The molecular weight excluding hydrogens is 522 g/mol. The maximum atomic E-state index is 12.6. The van der Waals surface area contributed by atoms with E-state index >= 15 is 0 Å². The van der Waals surface area contributed by atoms with Gasteiger partial charge >= 0.3 is 6.09 Å². The van der Waals surface area contributed by atoms with Crippen molar-refractivity contribution in [2.24, 2.45) is 5.16 Å². The number of nitrogens with one attached hydrogen (secondary N) is 2. The van der Waals surface area contributed by atoms with Crippen LogP contribution in [0.2, 0.25) is 0 Å². The molecule has 0 unspecified atom stereocenters. The SMILES string of the molecule is COc1ccc(C2=C/C(=N/OCC(=O)NO)CCc3c2cc(OC)c(OC)c3OC)cc1NC(=O)OC(C)(C)C. The topological polar surface area (TPSA) is 146 Å². The van der Waals surface area contributed by atoms with Gasteiger partial charge in [-0.25, -0.2) is 10.3 Å². The molecule has 0 saturated heterocycles. The van der Waals surface area contributed by atoms with Crippen LogP contribution in [0.1, 0.15) is 43.9 Å². The summed E-state index contributed by atoms with van der Waals surface area (Å²) in [5.41, 5.74) is 4.74. The van der Waals surface area contributed by atoms with Gasteiger partial charge in [0.05, 0.1) is 39.8 Å². The molecule has 0 radical (unpaired) electrons. The zero-order valence-electron chi connectivity index (χ0n) is 23.7. The normalized spacial score (nSPS) is 13.8. The van der Waals surface area contributed by atoms with E-state index in [0.29, 0.717) is 58.4 Å². The van der Waals surface area contributed by atoms with Crippen LogP contribution >= 0.6 is 0 Å². The van der Waals surface area contributed by atoms with Gasteiger partial charge in [-0.3, -0.25) is 15.3 Å². The minimum atomic E-state index is -0.741. The summed E-state index contributed by atoms with van der Waals surface area (Å²) in [5.74, 6) is 1.10. The summed E-state index contributed by atoms with van der Waals surface area (Å²) in [6, 6.07) is 7.16. The van der Waals surface area contributed by atoms with Crippen LogP contribution in [0.25, 0.3) is 5.57 Å². The van der Waals surface area contributed by atoms with Gasteiger partial charge in [0.2, 0.25) is 5.75 Å². The van der Waals surface area contributed by atoms with Crippen LogP contribution in [0.5, 0.6) is 23.0 Å². The molecule has 0 saturated carbocycles. The van der Waals surface area contributed by atoms with Gasteiger partial charge in [0, 0.05) is 5.56 Å². The number of hydrogen-bond donors (Lipinski definition) is 3. The van der Waals surface area contributed by atoms with Gasteiger partial charge in [-0.2, -0.15) is 0 Å².